The third-order valence-corrected chi connectivity index (χ3v) is 7.77. The van der Waals surface area contributed by atoms with E-state index < -0.39 is 47.5 Å². The van der Waals surface area contributed by atoms with Crippen molar-refractivity contribution in [2.45, 2.75) is 45.1 Å². The number of nitrogens with zero attached hydrogens (tertiary/aromatic N) is 5. The Morgan fingerprint density at radius 3 is 2.43 bits per heavy atom. The lowest BCUT2D eigenvalue weighted by Gasteiger charge is -2.32. The first-order valence-electron chi connectivity index (χ1n) is 14.2. The van der Waals surface area contributed by atoms with Crippen LogP contribution in [0.4, 0.5) is 36.6 Å². The molecule has 0 saturated carbocycles. The minimum atomic E-state index is -4.68. The minimum absolute atomic E-state index is 0.0670. The average Bonchev–Trinajstić information content (AvgIpc) is 3.38. The molecule has 0 radical (unpaired) electrons. The third kappa shape index (κ3) is 7.43. The molecule has 2 amide bonds. The van der Waals surface area contributed by atoms with Gasteiger partial charge in [0.05, 0.1) is 47.2 Å². The van der Waals surface area contributed by atoms with Gasteiger partial charge in [0.2, 0.25) is 5.91 Å². The van der Waals surface area contributed by atoms with E-state index in [1.54, 1.807) is 24.0 Å². The fraction of sp³-hybridized carbons (Fsp3) is 0.367. The van der Waals surface area contributed by atoms with E-state index in [0.29, 0.717) is 40.8 Å². The van der Waals surface area contributed by atoms with Gasteiger partial charge in [-0.3, -0.25) is 19.5 Å². The van der Waals surface area contributed by atoms with E-state index >= 15 is 0 Å². The molecule has 4 aromatic rings. The number of hydrogen-bond donors (Lipinski definition) is 2. The number of hydrogen-bond acceptors (Lipinski definition) is 6. The first-order valence-corrected chi connectivity index (χ1v) is 14.2. The van der Waals surface area contributed by atoms with Gasteiger partial charge in [0.15, 0.2) is 11.5 Å². The predicted molar refractivity (Wildman–Crippen MR) is 152 cm³/mol. The zero-order chi connectivity index (χ0) is 33.4. The summed E-state index contributed by atoms with van der Waals surface area (Å²) in [5.74, 6) is -3.21. The highest BCUT2D eigenvalue weighted by atomic mass is 19.4. The lowest BCUT2D eigenvalue weighted by molar-refractivity contribution is -0.184. The van der Waals surface area contributed by atoms with Crippen molar-refractivity contribution < 1.29 is 40.3 Å². The van der Waals surface area contributed by atoms with E-state index in [-0.39, 0.29) is 49.4 Å². The van der Waals surface area contributed by atoms with Crippen molar-refractivity contribution in [1.29, 1.82) is 0 Å². The summed E-state index contributed by atoms with van der Waals surface area (Å²) in [5, 5.41) is 9.62. The standard InChI is InChI=1S/C30H28F7N7O2/c1-16-22(28(46)39-17(2)21-12-20(30(35,36)37)3-4-23(21)31)11-18(13-38-16)24-5-6-26-40-25(14-44(26)42-24)41-27(45)15-43-9-7-19(8-10-43)29(32,33)34/h3-6,11-14,17,19H,7-10,15H2,1-2H3,(H,39,46)(H,41,45). The fourth-order valence-electron chi connectivity index (χ4n) is 5.21. The molecule has 4 heterocycles. The molecule has 5 rings (SSSR count). The average molecular weight is 652 g/mol. The highest BCUT2D eigenvalue weighted by molar-refractivity contribution is 5.96. The van der Waals surface area contributed by atoms with Gasteiger partial charge < -0.3 is 10.6 Å². The van der Waals surface area contributed by atoms with Crippen molar-refractivity contribution >= 4 is 23.3 Å². The van der Waals surface area contributed by atoms with Crippen LogP contribution in [0.3, 0.4) is 0 Å². The number of aryl methyl sites for hydroxylation is 1. The van der Waals surface area contributed by atoms with Gasteiger partial charge in [-0.2, -0.15) is 31.4 Å². The van der Waals surface area contributed by atoms with Crippen LogP contribution in [-0.4, -0.2) is 62.1 Å². The number of benzene rings is 1. The van der Waals surface area contributed by atoms with Crippen LogP contribution in [0.15, 0.2) is 48.8 Å². The number of piperidine rings is 1. The Labute approximate surface area is 257 Å². The maximum atomic E-state index is 14.4. The number of carbonyl (C=O) groups is 2. The van der Waals surface area contributed by atoms with Crippen molar-refractivity contribution in [3.63, 3.8) is 0 Å². The second-order valence-corrected chi connectivity index (χ2v) is 11.1. The number of anilines is 1. The predicted octanol–water partition coefficient (Wildman–Crippen LogP) is 5.96. The second kappa shape index (κ2) is 12.7. The molecule has 1 aliphatic rings. The SMILES string of the molecule is Cc1ncc(-c2ccc3nc(NC(=O)CN4CCC(C(F)(F)F)CC4)cn3n2)cc1C(=O)NC(C)c1cc(C(F)(F)F)ccc1F. The lowest BCUT2D eigenvalue weighted by Crippen LogP contribution is -2.42. The molecular weight excluding hydrogens is 623 g/mol. The highest BCUT2D eigenvalue weighted by Gasteiger charge is 2.41. The number of likely N-dealkylation sites (tertiary alicyclic amines) is 1. The summed E-state index contributed by atoms with van der Waals surface area (Å²) in [5.41, 5.74) is 0.195. The van der Waals surface area contributed by atoms with Crippen LogP contribution in [0, 0.1) is 18.7 Å². The Balaban J connectivity index is 1.26. The Bertz CT molecular complexity index is 1760. The normalized spacial score (nSPS) is 15.6. The van der Waals surface area contributed by atoms with Gasteiger partial charge in [0, 0.05) is 17.3 Å². The van der Waals surface area contributed by atoms with E-state index in [9.17, 15) is 40.3 Å². The maximum absolute atomic E-state index is 14.4. The molecule has 1 fully saturated rings. The van der Waals surface area contributed by atoms with Crippen molar-refractivity contribution in [3.05, 3.63) is 77.0 Å². The Morgan fingerprint density at radius 2 is 1.76 bits per heavy atom. The first kappa shape index (κ1) is 32.8. The number of rotatable bonds is 7. The topological polar surface area (TPSA) is 105 Å². The van der Waals surface area contributed by atoms with Gasteiger partial charge in [-0.05, 0) is 76.2 Å². The van der Waals surface area contributed by atoms with Crippen LogP contribution in [-0.2, 0) is 11.0 Å². The van der Waals surface area contributed by atoms with E-state index in [2.05, 4.69) is 25.7 Å². The molecule has 0 spiro atoms. The number of amides is 2. The number of pyridine rings is 1. The van der Waals surface area contributed by atoms with Crippen molar-refractivity contribution in [2.24, 2.45) is 5.92 Å². The first-order chi connectivity index (χ1) is 21.6. The summed E-state index contributed by atoms with van der Waals surface area (Å²) in [7, 11) is 0. The van der Waals surface area contributed by atoms with Gasteiger partial charge in [-0.25, -0.2) is 13.9 Å². The zero-order valence-electron chi connectivity index (χ0n) is 24.5. The number of imidazole rings is 1. The van der Waals surface area contributed by atoms with Crippen LogP contribution < -0.4 is 10.6 Å². The van der Waals surface area contributed by atoms with Crippen molar-refractivity contribution in [2.75, 3.05) is 25.0 Å². The Hall–Kier alpha value is -4.60. The molecule has 9 nitrogen and oxygen atoms in total. The molecule has 0 bridgehead atoms. The summed E-state index contributed by atoms with van der Waals surface area (Å²) in [6.07, 6.45) is -6.14. The molecule has 1 aromatic carbocycles. The summed E-state index contributed by atoms with van der Waals surface area (Å²) < 4.78 is 93.9. The molecule has 1 unspecified atom stereocenters. The van der Waals surface area contributed by atoms with E-state index in [0.717, 1.165) is 0 Å². The van der Waals surface area contributed by atoms with Gasteiger partial charge in [-0.1, -0.05) is 0 Å². The van der Waals surface area contributed by atoms with Gasteiger partial charge in [0.25, 0.3) is 5.91 Å². The van der Waals surface area contributed by atoms with Gasteiger partial charge in [-0.15, -0.1) is 0 Å². The van der Waals surface area contributed by atoms with E-state index in [1.165, 1.54) is 29.9 Å². The van der Waals surface area contributed by atoms with Crippen LogP contribution >= 0.6 is 0 Å². The molecule has 46 heavy (non-hydrogen) atoms. The van der Waals surface area contributed by atoms with Crippen molar-refractivity contribution in [3.8, 4) is 11.3 Å². The molecule has 1 saturated heterocycles. The van der Waals surface area contributed by atoms with Gasteiger partial charge in [0.1, 0.15) is 5.82 Å². The summed E-state index contributed by atoms with van der Waals surface area (Å²) in [6, 6.07) is 5.59. The molecule has 0 aliphatic carbocycles. The second-order valence-electron chi connectivity index (χ2n) is 11.1. The molecular formula is C30H28F7N7O2. The number of nitrogens with one attached hydrogen (secondary N) is 2. The number of fused-ring (bicyclic) bond motifs is 1. The molecule has 244 valence electrons. The van der Waals surface area contributed by atoms with Crippen LogP contribution in [0.5, 0.6) is 0 Å². The molecule has 1 aliphatic heterocycles. The zero-order valence-corrected chi connectivity index (χ0v) is 24.5. The Kier molecular flexibility index (Phi) is 9.02. The largest absolute Gasteiger partial charge is 0.416 e. The number of aromatic nitrogens is 4. The van der Waals surface area contributed by atoms with E-state index in [1.807, 2.05) is 0 Å². The van der Waals surface area contributed by atoms with Crippen LogP contribution in [0.2, 0.25) is 0 Å². The quantitative estimate of drug-likeness (QED) is 0.239. The number of carbonyl (C=O) groups excluding carboxylic acids is 2. The summed E-state index contributed by atoms with van der Waals surface area (Å²) in [4.78, 5) is 35.9. The third-order valence-electron chi connectivity index (χ3n) is 7.77. The molecule has 2 N–H and O–H groups in total. The lowest BCUT2D eigenvalue weighted by atomic mass is 9.96. The molecule has 16 heteroatoms. The number of alkyl halides is 6. The Morgan fingerprint density at radius 1 is 1.04 bits per heavy atom. The van der Waals surface area contributed by atoms with E-state index in [4.69, 9.17) is 0 Å². The highest BCUT2D eigenvalue weighted by Crippen LogP contribution is 2.34. The van der Waals surface area contributed by atoms with Crippen molar-refractivity contribution in [1.82, 2.24) is 29.8 Å². The fourth-order valence-corrected chi connectivity index (χ4v) is 5.21. The van der Waals surface area contributed by atoms with Gasteiger partial charge >= 0.3 is 12.4 Å². The summed E-state index contributed by atoms with van der Waals surface area (Å²) in [6.45, 7) is 3.15. The van der Waals surface area contributed by atoms with Crippen LogP contribution in [0.1, 0.15) is 53.0 Å². The van der Waals surface area contributed by atoms with Crippen LogP contribution in [0.25, 0.3) is 16.9 Å². The molecule has 3 aromatic heterocycles. The monoisotopic (exact) mass is 651 g/mol. The maximum Gasteiger partial charge on any atom is 0.416 e. The minimum Gasteiger partial charge on any atom is -0.345 e. The smallest absolute Gasteiger partial charge is 0.345 e. The number of halogens is 7. The molecule has 1 atom stereocenters. The summed E-state index contributed by atoms with van der Waals surface area (Å²) >= 11 is 0.